The van der Waals surface area contributed by atoms with Crippen molar-refractivity contribution in [2.45, 2.75) is 18.2 Å². The Hall–Kier alpha value is -1.44. The minimum absolute atomic E-state index is 0.00391. The van der Waals surface area contributed by atoms with Crippen LogP contribution in [0, 0.1) is 17.5 Å². The monoisotopic (exact) mass is 285 g/mol. The average molecular weight is 285 g/mol. The highest BCUT2D eigenvalue weighted by Gasteiger charge is 2.59. The fourth-order valence-corrected chi connectivity index (χ4v) is 1.88. The van der Waals surface area contributed by atoms with Crippen molar-refractivity contribution in [2.75, 3.05) is 13.1 Å². The van der Waals surface area contributed by atoms with Crippen LogP contribution in [0.5, 0.6) is 5.75 Å². The Labute approximate surface area is 104 Å². The lowest BCUT2D eigenvalue weighted by atomic mass is 10.0. The summed E-state index contributed by atoms with van der Waals surface area (Å²) in [5, 5.41) is 2.43. The molecule has 0 spiro atoms. The van der Waals surface area contributed by atoms with Gasteiger partial charge in [-0.2, -0.15) is 13.2 Å². The number of rotatable bonds is 2. The average Bonchev–Trinajstić information content (AvgIpc) is 2.72. The quantitative estimate of drug-likeness (QED) is 0.844. The Morgan fingerprint density at radius 3 is 2.11 bits per heavy atom. The van der Waals surface area contributed by atoms with E-state index in [0.717, 1.165) is 0 Å². The fourth-order valence-electron chi connectivity index (χ4n) is 1.88. The van der Waals surface area contributed by atoms with E-state index in [9.17, 15) is 26.3 Å². The molecule has 1 N–H and O–H groups in total. The van der Waals surface area contributed by atoms with Crippen LogP contribution in [0.15, 0.2) is 12.1 Å². The number of ether oxygens (including phenoxy) is 1. The zero-order chi connectivity index (χ0) is 14.3. The summed E-state index contributed by atoms with van der Waals surface area (Å²) in [6, 6.07) is 0.537. The topological polar surface area (TPSA) is 21.3 Å². The van der Waals surface area contributed by atoms with Crippen LogP contribution in [0.25, 0.3) is 0 Å². The highest BCUT2D eigenvalue weighted by atomic mass is 19.4. The van der Waals surface area contributed by atoms with Gasteiger partial charge in [0, 0.05) is 25.1 Å². The molecule has 1 unspecified atom stereocenters. The molecule has 2 nitrogen and oxygen atoms in total. The van der Waals surface area contributed by atoms with E-state index in [1.54, 1.807) is 0 Å². The lowest BCUT2D eigenvalue weighted by molar-refractivity contribution is -0.241. The molecule has 1 aliphatic rings. The predicted molar refractivity (Wildman–Crippen MR) is 53.2 cm³/mol. The summed E-state index contributed by atoms with van der Waals surface area (Å²) in [4.78, 5) is 0. The van der Waals surface area contributed by atoms with Crippen LogP contribution >= 0.6 is 0 Å². The van der Waals surface area contributed by atoms with Crippen molar-refractivity contribution in [1.29, 1.82) is 0 Å². The van der Waals surface area contributed by atoms with Crippen molar-refractivity contribution in [1.82, 2.24) is 5.32 Å². The molecule has 0 saturated carbocycles. The van der Waals surface area contributed by atoms with Gasteiger partial charge in [-0.25, -0.2) is 13.2 Å². The van der Waals surface area contributed by atoms with E-state index < -0.39 is 47.9 Å². The Kier molecular flexibility index (Phi) is 3.38. The first kappa shape index (κ1) is 14.0. The summed E-state index contributed by atoms with van der Waals surface area (Å²) >= 11 is 0. The zero-order valence-corrected chi connectivity index (χ0v) is 9.45. The summed E-state index contributed by atoms with van der Waals surface area (Å²) in [5.74, 6) is -5.46. The third-order valence-corrected chi connectivity index (χ3v) is 2.89. The van der Waals surface area contributed by atoms with E-state index in [2.05, 4.69) is 10.1 Å². The fraction of sp³-hybridized carbons (Fsp3) is 0.455. The molecule has 1 aliphatic heterocycles. The SMILES string of the molecule is Fc1cc(F)c(OC2(C(F)(F)F)CCNC2)c(F)c1. The van der Waals surface area contributed by atoms with Gasteiger partial charge in [-0.3, -0.25) is 0 Å². The van der Waals surface area contributed by atoms with E-state index in [0.29, 0.717) is 0 Å². The third-order valence-electron chi connectivity index (χ3n) is 2.89. The highest BCUT2D eigenvalue weighted by Crippen LogP contribution is 2.40. The van der Waals surface area contributed by atoms with Crippen molar-refractivity contribution in [3.8, 4) is 5.75 Å². The third kappa shape index (κ3) is 2.49. The largest absolute Gasteiger partial charge is 0.470 e. The van der Waals surface area contributed by atoms with Crippen molar-refractivity contribution in [3.63, 3.8) is 0 Å². The summed E-state index contributed by atoms with van der Waals surface area (Å²) in [6.07, 6.45) is -5.28. The molecule has 1 aromatic carbocycles. The number of hydrogen-bond donors (Lipinski definition) is 1. The maximum absolute atomic E-state index is 13.3. The van der Waals surface area contributed by atoms with Crippen LogP contribution in [0.1, 0.15) is 6.42 Å². The van der Waals surface area contributed by atoms with Crippen molar-refractivity contribution >= 4 is 0 Å². The molecule has 0 bridgehead atoms. The number of benzene rings is 1. The van der Waals surface area contributed by atoms with Gasteiger partial charge in [0.05, 0.1) is 0 Å². The highest BCUT2D eigenvalue weighted by molar-refractivity contribution is 5.28. The standard InChI is InChI=1S/C11H9F6NO/c12-6-3-7(13)9(8(14)4-6)19-10(11(15,16)17)1-2-18-5-10/h3-4,18H,1-2,5H2. The molecule has 0 aromatic heterocycles. The van der Waals surface area contributed by atoms with Crippen LogP contribution in [-0.2, 0) is 0 Å². The second-order valence-electron chi connectivity index (χ2n) is 4.22. The molecule has 0 radical (unpaired) electrons. The summed E-state index contributed by atoms with van der Waals surface area (Å²) in [5.41, 5.74) is -2.70. The van der Waals surface area contributed by atoms with E-state index >= 15 is 0 Å². The lowest BCUT2D eigenvalue weighted by Crippen LogP contribution is -2.52. The zero-order valence-electron chi connectivity index (χ0n) is 9.45. The Morgan fingerprint density at radius 2 is 1.68 bits per heavy atom. The van der Waals surface area contributed by atoms with Gasteiger partial charge in [0.25, 0.3) is 0 Å². The Balaban J connectivity index is 2.39. The van der Waals surface area contributed by atoms with Gasteiger partial charge in [0.15, 0.2) is 17.4 Å². The second kappa shape index (κ2) is 4.59. The van der Waals surface area contributed by atoms with E-state index in [1.165, 1.54) is 0 Å². The summed E-state index contributed by atoms with van der Waals surface area (Å²) < 4.78 is 82.8. The molecular weight excluding hydrogens is 276 g/mol. The Morgan fingerprint density at radius 1 is 1.11 bits per heavy atom. The Bertz CT molecular complexity index is 458. The molecule has 1 atom stereocenters. The maximum atomic E-state index is 13.3. The molecular formula is C11H9F6NO. The van der Waals surface area contributed by atoms with E-state index in [-0.39, 0.29) is 18.7 Å². The van der Waals surface area contributed by atoms with Crippen LogP contribution in [0.2, 0.25) is 0 Å². The predicted octanol–water partition coefficient (Wildman–Crippen LogP) is 2.78. The van der Waals surface area contributed by atoms with Crippen molar-refractivity contribution in [3.05, 3.63) is 29.6 Å². The normalized spacial score (nSPS) is 23.7. The van der Waals surface area contributed by atoms with Gasteiger partial charge < -0.3 is 10.1 Å². The first-order valence-electron chi connectivity index (χ1n) is 5.36. The van der Waals surface area contributed by atoms with Crippen molar-refractivity contribution < 1.29 is 31.1 Å². The summed E-state index contributed by atoms with van der Waals surface area (Å²) in [7, 11) is 0. The van der Waals surface area contributed by atoms with Gasteiger partial charge >= 0.3 is 6.18 Å². The number of nitrogens with one attached hydrogen (secondary N) is 1. The molecule has 8 heteroatoms. The van der Waals surface area contributed by atoms with Gasteiger partial charge in [-0.1, -0.05) is 0 Å². The van der Waals surface area contributed by atoms with Crippen LogP contribution in [0.3, 0.4) is 0 Å². The van der Waals surface area contributed by atoms with Gasteiger partial charge in [-0.15, -0.1) is 0 Å². The molecule has 1 heterocycles. The van der Waals surface area contributed by atoms with Crippen LogP contribution < -0.4 is 10.1 Å². The van der Waals surface area contributed by atoms with Gasteiger partial charge in [0.1, 0.15) is 5.82 Å². The molecule has 2 rings (SSSR count). The molecule has 1 aromatic rings. The first-order valence-corrected chi connectivity index (χ1v) is 5.36. The smallest absolute Gasteiger partial charge is 0.429 e. The van der Waals surface area contributed by atoms with E-state index in [4.69, 9.17) is 0 Å². The first-order chi connectivity index (χ1) is 8.75. The van der Waals surface area contributed by atoms with E-state index in [1.807, 2.05) is 0 Å². The molecule has 106 valence electrons. The summed E-state index contributed by atoms with van der Waals surface area (Å²) in [6.45, 7) is -0.614. The van der Waals surface area contributed by atoms with Gasteiger partial charge in [0.2, 0.25) is 5.60 Å². The maximum Gasteiger partial charge on any atom is 0.429 e. The minimum atomic E-state index is -4.80. The molecule has 1 saturated heterocycles. The number of halogens is 6. The van der Waals surface area contributed by atoms with Gasteiger partial charge in [-0.05, 0) is 6.54 Å². The molecule has 0 amide bonds. The van der Waals surface area contributed by atoms with Crippen LogP contribution in [-0.4, -0.2) is 24.9 Å². The second-order valence-corrected chi connectivity index (χ2v) is 4.22. The minimum Gasteiger partial charge on any atom is -0.470 e. The molecule has 0 aliphatic carbocycles. The molecule has 1 fully saturated rings. The van der Waals surface area contributed by atoms with Crippen LogP contribution in [0.4, 0.5) is 26.3 Å². The number of alkyl halides is 3. The molecule has 19 heavy (non-hydrogen) atoms. The van der Waals surface area contributed by atoms with Crippen molar-refractivity contribution in [2.24, 2.45) is 0 Å². The number of hydrogen-bond acceptors (Lipinski definition) is 2. The lowest BCUT2D eigenvalue weighted by Gasteiger charge is -2.31.